The van der Waals surface area contributed by atoms with Gasteiger partial charge in [0.25, 0.3) is 11.8 Å². The van der Waals surface area contributed by atoms with Gasteiger partial charge in [-0.15, -0.1) is 0 Å². The quantitative estimate of drug-likeness (QED) is 0.676. The number of amides is 2. The van der Waals surface area contributed by atoms with Crippen LogP contribution in [0.5, 0.6) is 0 Å². The fourth-order valence-corrected chi connectivity index (χ4v) is 1.62. The summed E-state index contributed by atoms with van der Waals surface area (Å²) in [6, 6.07) is 10.9. The molecule has 0 bridgehead atoms. The van der Waals surface area contributed by atoms with E-state index in [0.717, 1.165) is 12.1 Å². The second-order valence-electron chi connectivity index (χ2n) is 4.31. The van der Waals surface area contributed by atoms with Crippen LogP contribution in [0.15, 0.2) is 54.6 Å². The second kappa shape index (κ2) is 7.12. The third-order valence-electron chi connectivity index (χ3n) is 2.71. The molecule has 0 aliphatic rings. The van der Waals surface area contributed by atoms with Gasteiger partial charge in [0.05, 0.1) is 5.56 Å². The van der Waals surface area contributed by atoms with Crippen molar-refractivity contribution in [1.29, 1.82) is 0 Å². The lowest BCUT2D eigenvalue weighted by Gasteiger charge is -2.05. The zero-order chi connectivity index (χ0) is 15.9. The van der Waals surface area contributed by atoms with Crippen LogP contribution in [0.3, 0.4) is 0 Å². The smallest absolute Gasteiger partial charge is 0.268 e. The van der Waals surface area contributed by atoms with Crippen molar-refractivity contribution < 1.29 is 18.4 Å². The van der Waals surface area contributed by atoms with Gasteiger partial charge in [0, 0.05) is 6.08 Å². The Morgan fingerprint density at radius 1 is 0.909 bits per heavy atom. The van der Waals surface area contributed by atoms with E-state index in [0.29, 0.717) is 5.56 Å². The molecule has 0 aromatic heterocycles. The van der Waals surface area contributed by atoms with Crippen LogP contribution in [0.2, 0.25) is 0 Å². The number of carbonyl (C=O) groups is 2. The number of carbonyl (C=O) groups excluding carboxylic acids is 2. The highest BCUT2D eigenvalue weighted by Crippen LogP contribution is 2.06. The van der Waals surface area contributed by atoms with E-state index >= 15 is 0 Å². The number of hydrogen-bond acceptors (Lipinski definition) is 2. The molecule has 2 aromatic carbocycles. The molecule has 2 rings (SSSR count). The number of nitrogens with one attached hydrogen (secondary N) is 2. The highest BCUT2D eigenvalue weighted by atomic mass is 19.1. The van der Waals surface area contributed by atoms with Crippen LogP contribution in [-0.2, 0) is 4.79 Å². The molecule has 0 saturated heterocycles. The molecule has 0 radical (unpaired) electrons. The molecule has 6 heteroatoms. The van der Waals surface area contributed by atoms with Gasteiger partial charge < -0.3 is 0 Å². The molecule has 0 spiro atoms. The molecule has 0 aliphatic carbocycles. The van der Waals surface area contributed by atoms with Gasteiger partial charge in [0.15, 0.2) is 0 Å². The fourth-order valence-electron chi connectivity index (χ4n) is 1.62. The molecule has 0 unspecified atom stereocenters. The minimum absolute atomic E-state index is 0.176. The molecule has 0 heterocycles. The summed E-state index contributed by atoms with van der Waals surface area (Å²) in [6.45, 7) is 0. The predicted molar refractivity (Wildman–Crippen MR) is 77.4 cm³/mol. The van der Waals surface area contributed by atoms with E-state index in [-0.39, 0.29) is 11.4 Å². The summed E-state index contributed by atoms with van der Waals surface area (Å²) in [7, 11) is 0. The third kappa shape index (κ3) is 4.24. The maximum atomic E-state index is 13.3. The third-order valence-corrected chi connectivity index (χ3v) is 2.71. The van der Waals surface area contributed by atoms with Gasteiger partial charge >= 0.3 is 0 Å². The Labute approximate surface area is 125 Å². The number of hydrogen-bond donors (Lipinski definition) is 2. The molecule has 2 amide bonds. The first-order valence-electron chi connectivity index (χ1n) is 6.35. The van der Waals surface area contributed by atoms with Crippen LogP contribution in [0.1, 0.15) is 15.9 Å². The summed E-state index contributed by atoms with van der Waals surface area (Å²) in [5, 5.41) is 0. The molecule has 2 aromatic rings. The fraction of sp³-hybridized carbons (Fsp3) is 0. The average molecular weight is 302 g/mol. The normalized spacial score (nSPS) is 10.5. The van der Waals surface area contributed by atoms with Crippen LogP contribution in [0.25, 0.3) is 6.08 Å². The van der Waals surface area contributed by atoms with Gasteiger partial charge in [0.2, 0.25) is 0 Å². The molecular formula is C16H12F2N2O2. The Balaban J connectivity index is 1.89. The van der Waals surface area contributed by atoms with E-state index in [1.165, 1.54) is 48.5 Å². The monoisotopic (exact) mass is 302 g/mol. The standard InChI is InChI=1S/C16H12F2N2O2/c17-12-8-5-11(6-9-12)7-10-15(21)19-20-16(22)13-3-1-2-4-14(13)18/h1-10H,(H,19,21)(H,20,22)/b10-7+. The number of benzene rings is 2. The topological polar surface area (TPSA) is 58.2 Å². The number of rotatable bonds is 3. The van der Waals surface area contributed by atoms with Gasteiger partial charge in [0.1, 0.15) is 11.6 Å². The van der Waals surface area contributed by atoms with Gasteiger partial charge in [-0.3, -0.25) is 20.4 Å². The summed E-state index contributed by atoms with van der Waals surface area (Å²) in [6.07, 6.45) is 2.61. The number of hydrazine groups is 1. The van der Waals surface area contributed by atoms with Crippen molar-refractivity contribution in [1.82, 2.24) is 10.9 Å². The molecule has 0 aliphatic heterocycles. The zero-order valence-electron chi connectivity index (χ0n) is 11.3. The minimum Gasteiger partial charge on any atom is -0.268 e. The summed E-state index contributed by atoms with van der Waals surface area (Å²) in [4.78, 5) is 23.2. The summed E-state index contributed by atoms with van der Waals surface area (Å²) in [5.41, 5.74) is 4.67. The van der Waals surface area contributed by atoms with Crippen molar-refractivity contribution in [3.8, 4) is 0 Å². The van der Waals surface area contributed by atoms with Crippen molar-refractivity contribution in [2.75, 3.05) is 0 Å². The first kappa shape index (κ1) is 15.4. The SMILES string of the molecule is O=C(/C=C/c1ccc(F)cc1)NNC(=O)c1ccccc1F. The number of halogens is 2. The molecule has 4 nitrogen and oxygen atoms in total. The maximum Gasteiger partial charge on any atom is 0.272 e. The highest BCUT2D eigenvalue weighted by Gasteiger charge is 2.10. The molecule has 0 atom stereocenters. The van der Waals surface area contributed by atoms with E-state index in [1.54, 1.807) is 0 Å². The van der Waals surface area contributed by atoms with Crippen molar-refractivity contribution in [3.05, 3.63) is 77.4 Å². The molecule has 2 N–H and O–H groups in total. The Morgan fingerprint density at radius 2 is 1.59 bits per heavy atom. The molecule has 0 fully saturated rings. The predicted octanol–water partition coefficient (Wildman–Crippen LogP) is 2.44. The largest absolute Gasteiger partial charge is 0.272 e. The Bertz CT molecular complexity index is 712. The van der Waals surface area contributed by atoms with Crippen LogP contribution < -0.4 is 10.9 Å². The Kier molecular flexibility index (Phi) is 4.98. The molecule has 112 valence electrons. The van der Waals surface area contributed by atoms with Crippen LogP contribution in [0.4, 0.5) is 8.78 Å². The van der Waals surface area contributed by atoms with E-state index in [1.807, 2.05) is 0 Å². The Morgan fingerprint density at radius 3 is 2.27 bits per heavy atom. The minimum atomic E-state index is -0.762. The summed E-state index contributed by atoms with van der Waals surface area (Å²) in [5.74, 6) is -2.43. The average Bonchev–Trinajstić information content (AvgIpc) is 2.52. The molecule has 22 heavy (non-hydrogen) atoms. The van der Waals surface area contributed by atoms with Crippen LogP contribution in [-0.4, -0.2) is 11.8 Å². The lowest BCUT2D eigenvalue weighted by molar-refractivity contribution is -0.117. The molecule has 0 saturated carbocycles. The van der Waals surface area contributed by atoms with Gasteiger partial charge in [-0.25, -0.2) is 8.78 Å². The van der Waals surface area contributed by atoms with Crippen LogP contribution in [0, 0.1) is 11.6 Å². The van der Waals surface area contributed by atoms with Gasteiger partial charge in [-0.1, -0.05) is 24.3 Å². The second-order valence-corrected chi connectivity index (χ2v) is 4.31. The lowest BCUT2D eigenvalue weighted by Crippen LogP contribution is -2.41. The Hall–Kier alpha value is -3.02. The van der Waals surface area contributed by atoms with Gasteiger partial charge in [-0.05, 0) is 35.9 Å². The van der Waals surface area contributed by atoms with Gasteiger partial charge in [-0.2, -0.15) is 0 Å². The highest BCUT2D eigenvalue weighted by molar-refractivity contribution is 5.98. The summed E-state index contributed by atoms with van der Waals surface area (Å²) >= 11 is 0. The van der Waals surface area contributed by atoms with E-state index < -0.39 is 17.6 Å². The maximum absolute atomic E-state index is 13.3. The molecular weight excluding hydrogens is 290 g/mol. The van der Waals surface area contributed by atoms with Crippen molar-refractivity contribution in [2.24, 2.45) is 0 Å². The van der Waals surface area contributed by atoms with Crippen molar-refractivity contribution in [2.45, 2.75) is 0 Å². The zero-order valence-corrected chi connectivity index (χ0v) is 11.3. The lowest BCUT2D eigenvalue weighted by atomic mass is 10.2. The summed E-state index contributed by atoms with van der Waals surface area (Å²) < 4.78 is 26.1. The van der Waals surface area contributed by atoms with Crippen molar-refractivity contribution >= 4 is 17.9 Å². The first-order chi connectivity index (χ1) is 10.6. The van der Waals surface area contributed by atoms with Crippen molar-refractivity contribution in [3.63, 3.8) is 0 Å². The van der Waals surface area contributed by atoms with E-state index in [2.05, 4.69) is 10.9 Å². The van der Waals surface area contributed by atoms with Crippen LogP contribution >= 0.6 is 0 Å². The van der Waals surface area contributed by atoms with E-state index in [4.69, 9.17) is 0 Å². The first-order valence-corrected chi connectivity index (χ1v) is 6.35. The van der Waals surface area contributed by atoms with E-state index in [9.17, 15) is 18.4 Å².